The molecule has 1 saturated heterocycles. The molecule has 1 aliphatic rings. The molecule has 0 amide bonds. The molecule has 0 radical (unpaired) electrons. The summed E-state index contributed by atoms with van der Waals surface area (Å²) in [5.41, 5.74) is 1.37. The zero-order valence-electron chi connectivity index (χ0n) is 13.4. The van der Waals surface area contributed by atoms with Crippen molar-refractivity contribution < 1.29 is 0 Å². The minimum absolute atomic E-state index is 0.787. The minimum Gasteiger partial charge on any atom is -0.371 e. The number of aromatic nitrogens is 2. The fourth-order valence-corrected chi connectivity index (χ4v) is 3.32. The van der Waals surface area contributed by atoms with Crippen molar-refractivity contribution in [2.75, 3.05) is 38.1 Å². The lowest BCUT2D eigenvalue weighted by atomic mass is 10.1. The van der Waals surface area contributed by atoms with Crippen molar-refractivity contribution in [3.05, 3.63) is 48.8 Å². The van der Waals surface area contributed by atoms with Gasteiger partial charge < -0.3 is 9.80 Å². The zero-order chi connectivity index (χ0) is 15.2. The molecule has 2 aromatic rings. The highest BCUT2D eigenvalue weighted by atomic mass is 15.3. The summed E-state index contributed by atoms with van der Waals surface area (Å²) in [5.74, 6) is 0.787. The average molecular weight is 298 g/mol. The Bertz CT molecular complexity index is 537. The topological polar surface area (TPSA) is 24.3 Å². The first-order valence-electron chi connectivity index (χ1n) is 8.27. The van der Waals surface area contributed by atoms with Gasteiger partial charge in [-0.3, -0.25) is 4.68 Å². The molecular weight excluding hydrogens is 272 g/mol. The Morgan fingerprint density at radius 3 is 2.86 bits per heavy atom. The largest absolute Gasteiger partial charge is 0.371 e. The van der Waals surface area contributed by atoms with Crippen LogP contribution in [0.1, 0.15) is 12.8 Å². The van der Waals surface area contributed by atoms with Gasteiger partial charge in [0.1, 0.15) is 0 Å². The van der Waals surface area contributed by atoms with Crippen LogP contribution in [-0.2, 0) is 6.54 Å². The predicted octanol–water partition coefficient (Wildman–Crippen LogP) is 2.73. The number of aryl methyl sites for hydroxylation is 1. The zero-order valence-corrected chi connectivity index (χ0v) is 13.4. The van der Waals surface area contributed by atoms with Crippen molar-refractivity contribution in [3.8, 4) is 0 Å². The van der Waals surface area contributed by atoms with E-state index in [1.165, 1.54) is 31.7 Å². The standard InChI is InChI=1S/C18H26N4/c1-20(11-6-13-22-12-5-10-19-22)15-17-9-14-21(16-17)18-7-3-2-4-8-18/h2-5,7-8,10,12,17H,6,9,11,13-16H2,1H3/t17-/m1/s1. The summed E-state index contributed by atoms with van der Waals surface area (Å²) in [7, 11) is 2.24. The number of anilines is 1. The molecule has 0 spiro atoms. The summed E-state index contributed by atoms with van der Waals surface area (Å²) < 4.78 is 2.01. The van der Waals surface area contributed by atoms with E-state index in [2.05, 4.69) is 52.3 Å². The third-order valence-corrected chi connectivity index (χ3v) is 4.46. The summed E-state index contributed by atoms with van der Waals surface area (Å²) in [6.07, 6.45) is 6.35. The molecule has 0 unspecified atom stereocenters. The Balaban J connectivity index is 1.38. The van der Waals surface area contributed by atoms with Crippen LogP contribution in [0.4, 0.5) is 5.69 Å². The first kappa shape index (κ1) is 15.1. The Labute approximate surface area is 133 Å². The maximum atomic E-state index is 4.25. The molecule has 0 bridgehead atoms. The van der Waals surface area contributed by atoms with Crippen LogP contribution in [0, 0.1) is 5.92 Å². The lowest BCUT2D eigenvalue weighted by Crippen LogP contribution is -2.29. The molecule has 0 saturated carbocycles. The molecule has 22 heavy (non-hydrogen) atoms. The van der Waals surface area contributed by atoms with Gasteiger partial charge in [-0.2, -0.15) is 5.10 Å². The van der Waals surface area contributed by atoms with Gasteiger partial charge in [-0.25, -0.2) is 0 Å². The third-order valence-electron chi connectivity index (χ3n) is 4.46. The summed E-state index contributed by atoms with van der Waals surface area (Å²) in [5, 5.41) is 4.25. The Kier molecular flexibility index (Phi) is 5.11. The highest BCUT2D eigenvalue weighted by Crippen LogP contribution is 2.23. The molecule has 1 atom stereocenters. The predicted molar refractivity (Wildman–Crippen MR) is 91.1 cm³/mol. The summed E-state index contributed by atoms with van der Waals surface area (Å²) in [6, 6.07) is 12.8. The van der Waals surface area contributed by atoms with Gasteiger partial charge in [-0.1, -0.05) is 18.2 Å². The van der Waals surface area contributed by atoms with E-state index in [9.17, 15) is 0 Å². The number of hydrogen-bond acceptors (Lipinski definition) is 3. The van der Waals surface area contributed by atoms with Gasteiger partial charge in [-0.15, -0.1) is 0 Å². The maximum absolute atomic E-state index is 4.25. The van der Waals surface area contributed by atoms with E-state index in [1.54, 1.807) is 0 Å². The first-order valence-corrected chi connectivity index (χ1v) is 8.27. The van der Waals surface area contributed by atoms with Crippen molar-refractivity contribution in [2.24, 2.45) is 5.92 Å². The SMILES string of the molecule is CN(CCCn1cccn1)C[C@H]1CCN(c2ccccc2)C1. The molecule has 1 fully saturated rings. The van der Waals surface area contributed by atoms with Crippen LogP contribution < -0.4 is 4.90 Å². The van der Waals surface area contributed by atoms with Gasteiger partial charge in [-0.05, 0) is 50.6 Å². The molecule has 4 heteroatoms. The van der Waals surface area contributed by atoms with Gasteiger partial charge in [0.2, 0.25) is 0 Å². The van der Waals surface area contributed by atoms with Crippen molar-refractivity contribution in [1.29, 1.82) is 0 Å². The fraction of sp³-hybridized carbons (Fsp3) is 0.500. The molecule has 1 aromatic heterocycles. The summed E-state index contributed by atoms with van der Waals surface area (Å²) in [4.78, 5) is 4.99. The highest BCUT2D eigenvalue weighted by Gasteiger charge is 2.23. The molecule has 1 aliphatic heterocycles. The van der Waals surface area contributed by atoms with Gasteiger partial charge >= 0.3 is 0 Å². The van der Waals surface area contributed by atoms with Crippen molar-refractivity contribution >= 4 is 5.69 Å². The second kappa shape index (κ2) is 7.45. The van der Waals surface area contributed by atoms with Gasteiger partial charge in [0.05, 0.1) is 0 Å². The van der Waals surface area contributed by atoms with E-state index in [1.807, 2.05) is 23.1 Å². The molecular formula is C18H26N4. The van der Waals surface area contributed by atoms with Crippen LogP contribution in [0.2, 0.25) is 0 Å². The number of nitrogens with zero attached hydrogens (tertiary/aromatic N) is 4. The van der Waals surface area contributed by atoms with Crippen molar-refractivity contribution in [3.63, 3.8) is 0 Å². The van der Waals surface area contributed by atoms with Crippen molar-refractivity contribution in [1.82, 2.24) is 14.7 Å². The maximum Gasteiger partial charge on any atom is 0.0489 e. The van der Waals surface area contributed by atoms with Crippen LogP contribution in [0.25, 0.3) is 0 Å². The van der Waals surface area contributed by atoms with Crippen LogP contribution in [-0.4, -0.2) is 47.9 Å². The average Bonchev–Trinajstić information content (AvgIpc) is 3.20. The van der Waals surface area contributed by atoms with Crippen molar-refractivity contribution in [2.45, 2.75) is 19.4 Å². The lowest BCUT2D eigenvalue weighted by molar-refractivity contribution is 0.276. The van der Waals surface area contributed by atoms with Crippen LogP contribution in [0.5, 0.6) is 0 Å². The second-order valence-corrected chi connectivity index (χ2v) is 6.32. The van der Waals surface area contributed by atoms with E-state index in [4.69, 9.17) is 0 Å². The molecule has 0 N–H and O–H groups in total. The van der Waals surface area contributed by atoms with E-state index in [-0.39, 0.29) is 0 Å². The molecule has 1 aromatic carbocycles. The highest BCUT2D eigenvalue weighted by molar-refractivity contribution is 5.46. The number of rotatable bonds is 7. The third kappa shape index (κ3) is 4.10. The molecule has 2 heterocycles. The summed E-state index contributed by atoms with van der Waals surface area (Å²) in [6.45, 7) is 5.73. The van der Waals surface area contributed by atoms with Gasteiger partial charge in [0.15, 0.2) is 0 Å². The number of para-hydroxylation sites is 1. The Morgan fingerprint density at radius 2 is 2.09 bits per heavy atom. The monoisotopic (exact) mass is 298 g/mol. The smallest absolute Gasteiger partial charge is 0.0489 e. The van der Waals surface area contributed by atoms with Gasteiger partial charge in [0.25, 0.3) is 0 Å². The normalized spacial score (nSPS) is 18.3. The Morgan fingerprint density at radius 1 is 1.23 bits per heavy atom. The molecule has 4 nitrogen and oxygen atoms in total. The minimum atomic E-state index is 0.787. The molecule has 3 rings (SSSR count). The van der Waals surface area contributed by atoms with E-state index in [0.29, 0.717) is 0 Å². The second-order valence-electron chi connectivity index (χ2n) is 6.32. The Hall–Kier alpha value is -1.81. The summed E-state index contributed by atoms with van der Waals surface area (Å²) >= 11 is 0. The van der Waals surface area contributed by atoms with E-state index < -0.39 is 0 Å². The molecule has 0 aliphatic carbocycles. The lowest BCUT2D eigenvalue weighted by Gasteiger charge is -2.22. The number of hydrogen-bond donors (Lipinski definition) is 0. The number of benzene rings is 1. The first-order chi connectivity index (χ1) is 10.8. The van der Waals surface area contributed by atoms with Crippen LogP contribution >= 0.6 is 0 Å². The van der Waals surface area contributed by atoms with E-state index in [0.717, 1.165) is 25.4 Å². The fourth-order valence-electron chi connectivity index (χ4n) is 3.32. The van der Waals surface area contributed by atoms with Crippen LogP contribution in [0.15, 0.2) is 48.8 Å². The molecule has 118 valence electrons. The van der Waals surface area contributed by atoms with E-state index >= 15 is 0 Å². The van der Waals surface area contributed by atoms with Crippen LogP contribution in [0.3, 0.4) is 0 Å². The van der Waals surface area contributed by atoms with Gasteiger partial charge in [0, 0.05) is 44.3 Å². The quantitative estimate of drug-likeness (QED) is 0.785.